The smallest absolute Gasteiger partial charge is 0.317 e. The quantitative estimate of drug-likeness (QED) is 0.766. The first-order valence-electron chi connectivity index (χ1n) is 6.10. The average molecular weight is 281 g/mol. The van der Waals surface area contributed by atoms with Gasteiger partial charge in [-0.15, -0.1) is 0 Å². The summed E-state index contributed by atoms with van der Waals surface area (Å²) in [6, 6.07) is 3.31. The number of aromatic nitrogens is 1. The Hall–Kier alpha value is -1.82. The third-order valence-electron chi connectivity index (χ3n) is 3.49. The molecule has 2 fully saturated rings. The van der Waals surface area contributed by atoms with E-state index in [0.29, 0.717) is 36.9 Å². The standard InChI is InChI=1S/C12H13ClN4O2/c13-10-2-1-8(5-14-10)11(18)16-3-4-17-9(7-16)6-15-12(17)19/h1-2,5,9H,3-4,6-7H2,(H,15,19). The van der Waals surface area contributed by atoms with Crippen molar-refractivity contribution in [3.05, 3.63) is 29.0 Å². The van der Waals surface area contributed by atoms with Gasteiger partial charge in [0.15, 0.2) is 0 Å². The number of pyridine rings is 1. The van der Waals surface area contributed by atoms with E-state index in [0.717, 1.165) is 0 Å². The van der Waals surface area contributed by atoms with Crippen LogP contribution in [0.2, 0.25) is 5.15 Å². The van der Waals surface area contributed by atoms with E-state index in [4.69, 9.17) is 11.6 Å². The maximum atomic E-state index is 12.3. The van der Waals surface area contributed by atoms with Crippen molar-refractivity contribution in [2.45, 2.75) is 6.04 Å². The Morgan fingerprint density at radius 1 is 1.42 bits per heavy atom. The second-order valence-corrected chi connectivity index (χ2v) is 5.04. The highest BCUT2D eigenvalue weighted by Crippen LogP contribution is 2.16. The highest BCUT2D eigenvalue weighted by Gasteiger charge is 2.37. The van der Waals surface area contributed by atoms with Crippen LogP contribution in [0.5, 0.6) is 0 Å². The summed E-state index contributed by atoms with van der Waals surface area (Å²) in [4.78, 5) is 31.2. The number of nitrogens with one attached hydrogen (secondary N) is 1. The normalized spacial score (nSPS) is 22.2. The van der Waals surface area contributed by atoms with Crippen molar-refractivity contribution in [3.63, 3.8) is 0 Å². The molecule has 100 valence electrons. The maximum absolute atomic E-state index is 12.3. The molecule has 7 heteroatoms. The number of halogens is 1. The largest absolute Gasteiger partial charge is 0.336 e. The van der Waals surface area contributed by atoms with Crippen LogP contribution in [0.4, 0.5) is 4.79 Å². The zero-order valence-corrected chi connectivity index (χ0v) is 10.9. The monoisotopic (exact) mass is 280 g/mol. The summed E-state index contributed by atoms with van der Waals surface area (Å²) in [5.74, 6) is -0.0665. The molecule has 6 nitrogen and oxygen atoms in total. The lowest BCUT2D eigenvalue weighted by Crippen LogP contribution is -2.53. The molecule has 0 aromatic carbocycles. The minimum Gasteiger partial charge on any atom is -0.336 e. The fraction of sp³-hybridized carbons (Fsp3) is 0.417. The molecule has 3 amide bonds. The Labute approximate surface area is 115 Å². The molecule has 0 spiro atoms. The predicted octanol–water partition coefficient (Wildman–Crippen LogP) is 0.585. The molecule has 0 radical (unpaired) electrons. The summed E-state index contributed by atoms with van der Waals surface area (Å²) < 4.78 is 0. The van der Waals surface area contributed by atoms with Crippen molar-refractivity contribution >= 4 is 23.5 Å². The minimum absolute atomic E-state index is 0.0368. The van der Waals surface area contributed by atoms with Crippen molar-refractivity contribution in [1.82, 2.24) is 20.1 Å². The SMILES string of the molecule is O=C(c1ccc(Cl)nc1)N1CCN2C(=O)NCC2C1. The van der Waals surface area contributed by atoms with Crippen LogP contribution in [-0.2, 0) is 0 Å². The molecule has 1 aromatic rings. The highest BCUT2D eigenvalue weighted by atomic mass is 35.5. The second-order valence-electron chi connectivity index (χ2n) is 4.65. The number of fused-ring (bicyclic) bond motifs is 1. The third kappa shape index (κ3) is 2.23. The van der Waals surface area contributed by atoms with Crippen molar-refractivity contribution in [1.29, 1.82) is 0 Å². The fourth-order valence-electron chi connectivity index (χ4n) is 2.47. The van der Waals surface area contributed by atoms with Gasteiger partial charge in [-0.3, -0.25) is 4.79 Å². The Kier molecular flexibility index (Phi) is 3.02. The number of amides is 3. The lowest BCUT2D eigenvalue weighted by molar-refractivity contribution is 0.0616. The third-order valence-corrected chi connectivity index (χ3v) is 3.72. The molecule has 1 unspecified atom stereocenters. The number of piperazine rings is 1. The molecule has 2 aliphatic heterocycles. The minimum atomic E-state index is -0.0665. The maximum Gasteiger partial charge on any atom is 0.317 e. The van der Waals surface area contributed by atoms with Gasteiger partial charge in [0.1, 0.15) is 5.15 Å². The molecule has 3 rings (SSSR count). The highest BCUT2D eigenvalue weighted by molar-refractivity contribution is 6.29. The summed E-state index contributed by atoms with van der Waals surface area (Å²) in [5, 5.41) is 3.16. The molecular formula is C12H13ClN4O2. The molecule has 0 aliphatic carbocycles. The number of carbonyl (C=O) groups is 2. The van der Waals surface area contributed by atoms with Gasteiger partial charge in [-0.1, -0.05) is 11.6 Å². The van der Waals surface area contributed by atoms with E-state index >= 15 is 0 Å². The van der Waals surface area contributed by atoms with Crippen LogP contribution < -0.4 is 5.32 Å². The van der Waals surface area contributed by atoms with Gasteiger partial charge in [0.2, 0.25) is 0 Å². The summed E-state index contributed by atoms with van der Waals surface area (Å²) in [7, 11) is 0. The van der Waals surface area contributed by atoms with Crippen molar-refractivity contribution in [3.8, 4) is 0 Å². The second kappa shape index (κ2) is 4.70. The Bertz CT molecular complexity index is 519. The molecule has 0 saturated carbocycles. The number of hydrogen-bond donors (Lipinski definition) is 1. The fourth-order valence-corrected chi connectivity index (χ4v) is 2.59. The summed E-state index contributed by atoms with van der Waals surface area (Å²) in [6.07, 6.45) is 1.48. The lowest BCUT2D eigenvalue weighted by Gasteiger charge is -2.36. The van der Waals surface area contributed by atoms with Gasteiger partial charge >= 0.3 is 6.03 Å². The Balaban J connectivity index is 1.72. The molecule has 19 heavy (non-hydrogen) atoms. The average Bonchev–Trinajstić information content (AvgIpc) is 2.80. The van der Waals surface area contributed by atoms with E-state index in [1.807, 2.05) is 0 Å². The summed E-state index contributed by atoms with van der Waals surface area (Å²) in [5.41, 5.74) is 0.523. The Morgan fingerprint density at radius 2 is 2.26 bits per heavy atom. The van der Waals surface area contributed by atoms with E-state index in [9.17, 15) is 9.59 Å². The topological polar surface area (TPSA) is 65.5 Å². The van der Waals surface area contributed by atoms with Gasteiger partial charge in [0.05, 0.1) is 11.6 Å². The van der Waals surface area contributed by atoms with Gasteiger partial charge in [0, 0.05) is 32.4 Å². The van der Waals surface area contributed by atoms with Crippen LogP contribution in [0.1, 0.15) is 10.4 Å². The Morgan fingerprint density at radius 3 is 3.00 bits per heavy atom. The number of rotatable bonds is 1. The number of carbonyl (C=O) groups excluding carboxylic acids is 2. The van der Waals surface area contributed by atoms with Crippen molar-refractivity contribution in [2.75, 3.05) is 26.2 Å². The zero-order valence-electron chi connectivity index (χ0n) is 10.2. The van der Waals surface area contributed by atoms with E-state index in [1.54, 1.807) is 21.9 Å². The van der Waals surface area contributed by atoms with Crippen LogP contribution >= 0.6 is 11.6 Å². The lowest BCUT2D eigenvalue weighted by atomic mass is 10.1. The first kappa shape index (κ1) is 12.2. The van der Waals surface area contributed by atoms with Crippen molar-refractivity contribution < 1.29 is 9.59 Å². The molecule has 3 heterocycles. The number of nitrogens with zero attached hydrogens (tertiary/aromatic N) is 3. The van der Waals surface area contributed by atoms with Crippen LogP contribution in [-0.4, -0.2) is 58.9 Å². The van der Waals surface area contributed by atoms with Gasteiger partial charge in [-0.2, -0.15) is 0 Å². The number of hydrogen-bond acceptors (Lipinski definition) is 3. The van der Waals surface area contributed by atoms with Gasteiger partial charge in [0.25, 0.3) is 5.91 Å². The summed E-state index contributed by atoms with van der Waals surface area (Å²) >= 11 is 5.70. The van der Waals surface area contributed by atoms with Gasteiger partial charge < -0.3 is 15.1 Å². The first-order valence-corrected chi connectivity index (χ1v) is 6.48. The molecule has 1 N–H and O–H groups in total. The molecule has 1 atom stereocenters. The van der Waals surface area contributed by atoms with Crippen LogP contribution in [0.3, 0.4) is 0 Å². The zero-order chi connectivity index (χ0) is 13.4. The predicted molar refractivity (Wildman–Crippen MR) is 69.0 cm³/mol. The van der Waals surface area contributed by atoms with Crippen LogP contribution in [0.15, 0.2) is 18.3 Å². The van der Waals surface area contributed by atoms with E-state index in [1.165, 1.54) is 6.20 Å². The molecule has 0 bridgehead atoms. The van der Waals surface area contributed by atoms with Crippen LogP contribution in [0, 0.1) is 0 Å². The van der Waals surface area contributed by atoms with E-state index < -0.39 is 0 Å². The van der Waals surface area contributed by atoms with E-state index in [-0.39, 0.29) is 18.0 Å². The molecule has 1 aromatic heterocycles. The van der Waals surface area contributed by atoms with E-state index in [2.05, 4.69) is 10.3 Å². The van der Waals surface area contributed by atoms with Gasteiger partial charge in [-0.25, -0.2) is 9.78 Å². The molecule has 2 aliphatic rings. The van der Waals surface area contributed by atoms with Gasteiger partial charge in [-0.05, 0) is 12.1 Å². The van der Waals surface area contributed by atoms with Crippen molar-refractivity contribution in [2.24, 2.45) is 0 Å². The van der Waals surface area contributed by atoms with Crippen LogP contribution in [0.25, 0.3) is 0 Å². The summed E-state index contributed by atoms with van der Waals surface area (Å²) in [6.45, 7) is 2.27. The number of urea groups is 1. The molecule has 2 saturated heterocycles. The molecular weight excluding hydrogens is 268 g/mol. The first-order chi connectivity index (χ1) is 9.15.